The lowest BCUT2D eigenvalue weighted by Crippen LogP contribution is -2.63. The van der Waals surface area contributed by atoms with E-state index in [0.717, 1.165) is 38.8 Å². The Morgan fingerprint density at radius 3 is 1.83 bits per heavy atom. The molecule has 0 spiro atoms. The first-order valence-electron chi connectivity index (χ1n) is 14.3. The molecule has 230 valence electrons. The first-order valence-corrected chi connectivity index (χ1v) is 14.7. The number of carbonyl (C=O) groups is 4. The zero-order valence-corrected chi connectivity index (χ0v) is 24.9. The maximum Gasteiger partial charge on any atom is 0.303 e. The van der Waals surface area contributed by atoms with E-state index in [1.165, 1.54) is 45.0 Å². The zero-order chi connectivity index (χ0) is 30.4. The van der Waals surface area contributed by atoms with Gasteiger partial charge in [-0.05, 0) is 74.0 Å². The summed E-state index contributed by atoms with van der Waals surface area (Å²) in [5.74, 6) is -1.24. The van der Waals surface area contributed by atoms with Gasteiger partial charge in [-0.2, -0.15) is 0 Å². The number of ether oxygens (including phenoxy) is 4. The van der Waals surface area contributed by atoms with Crippen molar-refractivity contribution in [3.05, 3.63) is 35.6 Å². The van der Waals surface area contributed by atoms with Gasteiger partial charge in [-0.15, -0.1) is 0 Å². The molecule has 4 atom stereocenters. The summed E-state index contributed by atoms with van der Waals surface area (Å²) in [5.41, 5.74) is 0.503. The molecular weight excluding hydrogens is 569 g/mol. The summed E-state index contributed by atoms with van der Waals surface area (Å²) in [4.78, 5) is 52.0. The summed E-state index contributed by atoms with van der Waals surface area (Å²) >= 11 is 5.67. The minimum atomic E-state index is -1.09. The van der Waals surface area contributed by atoms with E-state index in [1.807, 2.05) is 9.80 Å². The molecule has 0 saturated carbocycles. The second-order valence-electron chi connectivity index (χ2n) is 11.0. The maximum atomic E-state index is 13.2. The molecule has 13 heteroatoms. The highest BCUT2D eigenvalue weighted by Gasteiger charge is 2.47. The molecule has 3 saturated heterocycles. The Balaban J connectivity index is 1.29. The van der Waals surface area contributed by atoms with Crippen molar-refractivity contribution in [2.45, 2.75) is 71.0 Å². The number of rotatable bonds is 6. The van der Waals surface area contributed by atoms with Crippen LogP contribution in [-0.4, -0.2) is 96.1 Å². The summed E-state index contributed by atoms with van der Waals surface area (Å²) in [6, 6.07) is 5.67. The molecule has 3 heterocycles. The molecule has 1 amide bonds. The Kier molecular flexibility index (Phi) is 10.7. The van der Waals surface area contributed by atoms with Crippen molar-refractivity contribution < 1.29 is 42.5 Å². The van der Waals surface area contributed by atoms with E-state index in [4.69, 9.17) is 31.2 Å². The summed E-state index contributed by atoms with van der Waals surface area (Å²) < 4.78 is 35.2. The number of esters is 3. The van der Waals surface area contributed by atoms with Crippen LogP contribution in [0, 0.1) is 17.7 Å². The van der Waals surface area contributed by atoms with Gasteiger partial charge in [0.2, 0.25) is 0 Å². The van der Waals surface area contributed by atoms with Crippen LogP contribution in [0.3, 0.4) is 0 Å². The lowest BCUT2D eigenvalue weighted by Gasteiger charge is -2.43. The van der Waals surface area contributed by atoms with Crippen LogP contribution < -0.4 is 5.32 Å². The van der Waals surface area contributed by atoms with Crippen LogP contribution in [-0.2, 0) is 33.3 Å². The first kappa shape index (κ1) is 31.6. The molecule has 11 nitrogen and oxygen atoms in total. The second kappa shape index (κ2) is 14.2. The largest absolute Gasteiger partial charge is 0.456 e. The maximum absolute atomic E-state index is 13.2. The van der Waals surface area contributed by atoms with Gasteiger partial charge in [-0.25, -0.2) is 4.39 Å². The molecule has 1 N–H and O–H groups in total. The molecule has 0 aromatic heterocycles. The molecule has 0 aliphatic carbocycles. The van der Waals surface area contributed by atoms with Crippen LogP contribution in [0.1, 0.15) is 56.8 Å². The highest BCUT2D eigenvalue weighted by Crippen LogP contribution is 2.33. The van der Waals surface area contributed by atoms with Crippen molar-refractivity contribution >= 4 is 41.1 Å². The number of benzene rings is 1. The highest BCUT2D eigenvalue weighted by molar-refractivity contribution is 7.80. The minimum absolute atomic E-state index is 0.0631. The fourth-order valence-corrected chi connectivity index (χ4v) is 6.30. The third-order valence-electron chi connectivity index (χ3n) is 8.03. The van der Waals surface area contributed by atoms with E-state index in [9.17, 15) is 23.6 Å². The molecule has 4 rings (SSSR count). The normalized spacial score (nSPS) is 25.3. The van der Waals surface area contributed by atoms with Gasteiger partial charge < -0.3 is 34.1 Å². The van der Waals surface area contributed by atoms with Crippen molar-refractivity contribution in [3.8, 4) is 0 Å². The lowest BCUT2D eigenvalue weighted by molar-refractivity contribution is -0.227. The Morgan fingerprint density at radius 2 is 1.31 bits per heavy atom. The van der Waals surface area contributed by atoms with E-state index in [1.54, 1.807) is 0 Å². The number of hydrogen-bond donors (Lipinski definition) is 1. The summed E-state index contributed by atoms with van der Waals surface area (Å²) in [6.07, 6.45) is -0.334. The number of nitrogens with zero attached hydrogens (tertiary/aromatic N) is 2. The summed E-state index contributed by atoms with van der Waals surface area (Å²) in [6.45, 7) is 6.38. The Bertz CT molecular complexity index is 1150. The molecule has 1 aromatic rings. The number of piperidine rings is 2. The van der Waals surface area contributed by atoms with Crippen molar-refractivity contribution in [2.75, 3.05) is 32.8 Å². The van der Waals surface area contributed by atoms with Crippen LogP contribution in [0.15, 0.2) is 24.3 Å². The van der Waals surface area contributed by atoms with Crippen molar-refractivity contribution in [1.29, 1.82) is 0 Å². The molecule has 3 fully saturated rings. The second-order valence-corrected chi connectivity index (χ2v) is 11.3. The van der Waals surface area contributed by atoms with Crippen molar-refractivity contribution in [1.82, 2.24) is 15.1 Å². The summed E-state index contributed by atoms with van der Waals surface area (Å²) in [5, 5.41) is 3.53. The topological polar surface area (TPSA) is 124 Å². The van der Waals surface area contributed by atoms with Crippen LogP contribution in [0.4, 0.5) is 4.39 Å². The van der Waals surface area contributed by atoms with E-state index in [-0.39, 0.29) is 18.3 Å². The number of carbonyl (C=O) groups excluding carboxylic acids is 4. The van der Waals surface area contributed by atoms with Gasteiger partial charge in [-0.1, -0.05) is 0 Å². The molecule has 4 unspecified atom stereocenters. The molecule has 3 aliphatic heterocycles. The fourth-order valence-electron chi connectivity index (χ4n) is 6.00. The average molecular weight is 608 g/mol. The number of amides is 1. The lowest BCUT2D eigenvalue weighted by atomic mass is 9.79. The van der Waals surface area contributed by atoms with Crippen molar-refractivity contribution in [3.63, 3.8) is 0 Å². The number of likely N-dealkylation sites (tertiary alicyclic amines) is 2. The van der Waals surface area contributed by atoms with Crippen LogP contribution in [0.2, 0.25) is 0 Å². The minimum Gasteiger partial charge on any atom is -0.456 e. The molecule has 1 aromatic carbocycles. The Morgan fingerprint density at radius 1 is 0.810 bits per heavy atom. The molecule has 3 aliphatic rings. The van der Waals surface area contributed by atoms with Gasteiger partial charge >= 0.3 is 17.9 Å². The van der Waals surface area contributed by atoms with Gasteiger partial charge in [0.05, 0.1) is 6.61 Å². The van der Waals surface area contributed by atoms with Gasteiger partial charge in [0.15, 0.2) is 29.7 Å². The number of nitrogens with one attached hydrogen (secondary N) is 1. The molecule has 0 bridgehead atoms. The number of hydrogen-bond acceptors (Lipinski definition) is 9. The monoisotopic (exact) mass is 607 g/mol. The Labute approximate surface area is 250 Å². The predicted molar refractivity (Wildman–Crippen MR) is 151 cm³/mol. The number of halogens is 1. The molecule has 42 heavy (non-hydrogen) atoms. The Hall–Kier alpha value is -3.32. The van der Waals surface area contributed by atoms with E-state index in [2.05, 4.69) is 5.32 Å². The van der Waals surface area contributed by atoms with Gasteiger partial charge in [0.1, 0.15) is 5.82 Å². The smallest absolute Gasteiger partial charge is 0.303 e. The first-order chi connectivity index (χ1) is 20.0. The van der Waals surface area contributed by atoms with Gasteiger partial charge in [0, 0.05) is 52.5 Å². The third-order valence-corrected chi connectivity index (χ3v) is 8.40. The van der Waals surface area contributed by atoms with Crippen LogP contribution >= 0.6 is 12.2 Å². The van der Waals surface area contributed by atoms with Crippen LogP contribution in [0.5, 0.6) is 0 Å². The van der Waals surface area contributed by atoms with E-state index < -0.39 is 42.4 Å². The zero-order valence-electron chi connectivity index (χ0n) is 24.1. The molecular formula is C29H38FN3O8S. The third kappa shape index (κ3) is 8.15. The van der Waals surface area contributed by atoms with E-state index >= 15 is 0 Å². The SMILES string of the molecule is CC(=O)OC1COC(NC(=S)N2CCC(C3CCN(C(=O)c4ccc(F)cc4)CC3)CC2)C(OC(C)=O)C1OC(C)=O. The fraction of sp³-hybridized carbons (Fsp3) is 0.621. The van der Waals surface area contributed by atoms with E-state index in [0.29, 0.717) is 35.6 Å². The van der Waals surface area contributed by atoms with Crippen molar-refractivity contribution in [2.24, 2.45) is 11.8 Å². The summed E-state index contributed by atoms with van der Waals surface area (Å²) in [7, 11) is 0. The average Bonchev–Trinajstić information content (AvgIpc) is 2.95. The predicted octanol–water partition coefficient (Wildman–Crippen LogP) is 2.42. The van der Waals surface area contributed by atoms with Gasteiger partial charge in [0.25, 0.3) is 5.91 Å². The van der Waals surface area contributed by atoms with Crippen LogP contribution in [0.25, 0.3) is 0 Å². The molecule has 0 radical (unpaired) electrons. The highest BCUT2D eigenvalue weighted by atomic mass is 32.1. The number of thiocarbonyl (C=S) groups is 1. The van der Waals surface area contributed by atoms with Gasteiger partial charge in [-0.3, -0.25) is 19.2 Å². The standard InChI is InChI=1S/C29H38FN3O8S/c1-17(34)39-24-16-38-27(26(41-19(3)36)25(24)40-18(2)35)31-29(42)33-14-10-21(11-15-33)20-8-12-32(13-9-20)28(37)22-4-6-23(30)7-5-22/h4-7,20-21,24-27H,8-16H2,1-3H3,(H,31,42). The quantitative estimate of drug-likeness (QED) is 0.291.